The molecule has 2 heterocycles. The summed E-state index contributed by atoms with van der Waals surface area (Å²) in [6.07, 6.45) is 1.47. The average molecular weight is 339 g/mol. The van der Waals surface area contributed by atoms with E-state index >= 15 is 0 Å². The van der Waals surface area contributed by atoms with E-state index in [1.165, 1.54) is 18.0 Å². The number of carbonyl (C=O) groups is 2. The van der Waals surface area contributed by atoms with Gasteiger partial charge in [-0.25, -0.2) is 9.59 Å². The Morgan fingerprint density at radius 1 is 1.32 bits per heavy atom. The van der Waals surface area contributed by atoms with Crippen LogP contribution in [0.5, 0.6) is 0 Å². The number of hydrogen-bond acceptors (Lipinski definition) is 7. The number of pyridine rings is 1. The van der Waals surface area contributed by atoms with Crippen molar-refractivity contribution in [3.05, 3.63) is 34.3 Å². The molecule has 7 heteroatoms. The summed E-state index contributed by atoms with van der Waals surface area (Å²) in [5, 5.41) is 3.95. The molecule has 22 heavy (non-hydrogen) atoms. The van der Waals surface area contributed by atoms with Crippen LogP contribution in [0.15, 0.2) is 28.0 Å². The first-order valence-electron chi connectivity index (χ1n) is 6.66. The van der Waals surface area contributed by atoms with Crippen molar-refractivity contribution in [2.24, 2.45) is 0 Å². The predicted octanol–water partition coefficient (Wildman–Crippen LogP) is 3.39. The summed E-state index contributed by atoms with van der Waals surface area (Å²) in [5.74, 6) is -0.383. The third kappa shape index (κ3) is 5.06. The zero-order valence-corrected chi connectivity index (χ0v) is 14.3. The molecule has 0 amide bonds. The summed E-state index contributed by atoms with van der Waals surface area (Å²) in [5.41, 5.74) is 0.661. The molecule has 0 saturated carbocycles. The zero-order valence-electron chi connectivity index (χ0n) is 12.6. The van der Waals surface area contributed by atoms with E-state index < -0.39 is 24.1 Å². The monoisotopic (exact) mass is 339 g/mol. The predicted molar refractivity (Wildman–Crippen MR) is 86.7 cm³/mol. The van der Waals surface area contributed by atoms with Crippen LogP contribution in [0.4, 0.5) is 0 Å². The van der Waals surface area contributed by atoms with Crippen LogP contribution in [0.3, 0.4) is 0 Å². The Morgan fingerprint density at radius 3 is 2.82 bits per heavy atom. The van der Waals surface area contributed by atoms with E-state index in [1.807, 2.05) is 10.8 Å². The summed E-state index contributed by atoms with van der Waals surface area (Å²) in [4.78, 5) is 28.7. The standard InChI is InChI=1S/C15H17NO4S2/c1-15(2,3)20-13(17)8-19-14(18)10-6-12-11(16-7-10)9-21-4-5-22-12/h4-7H,8-9H2,1-3H3. The molecule has 1 aromatic heterocycles. The molecule has 1 aromatic rings. The Balaban J connectivity index is 1.97. The molecule has 0 aliphatic carbocycles. The highest BCUT2D eigenvalue weighted by Gasteiger charge is 2.19. The van der Waals surface area contributed by atoms with E-state index in [9.17, 15) is 9.59 Å². The minimum absolute atomic E-state index is 0.329. The average Bonchev–Trinajstić information content (AvgIpc) is 2.67. The van der Waals surface area contributed by atoms with Gasteiger partial charge in [0.2, 0.25) is 0 Å². The van der Waals surface area contributed by atoms with Gasteiger partial charge in [-0.05, 0) is 37.7 Å². The fraction of sp³-hybridized carbons (Fsp3) is 0.400. The van der Waals surface area contributed by atoms with Crippen LogP contribution in [0.2, 0.25) is 0 Å². The molecule has 5 nitrogen and oxygen atoms in total. The Morgan fingerprint density at radius 2 is 2.09 bits per heavy atom. The molecule has 2 rings (SSSR count). The van der Waals surface area contributed by atoms with Crippen LogP contribution < -0.4 is 0 Å². The number of hydrogen-bond donors (Lipinski definition) is 0. The van der Waals surface area contributed by atoms with Gasteiger partial charge in [-0.3, -0.25) is 4.98 Å². The highest BCUT2D eigenvalue weighted by molar-refractivity contribution is 8.05. The number of rotatable bonds is 3. The van der Waals surface area contributed by atoms with Crippen LogP contribution in [-0.4, -0.2) is 29.1 Å². The number of fused-ring (bicyclic) bond motifs is 1. The molecule has 0 fully saturated rings. The van der Waals surface area contributed by atoms with Gasteiger partial charge < -0.3 is 9.47 Å². The Labute approximate surface area is 137 Å². The summed E-state index contributed by atoms with van der Waals surface area (Å²) in [6, 6.07) is 1.74. The normalized spacial score (nSPS) is 14.0. The van der Waals surface area contributed by atoms with Crippen molar-refractivity contribution >= 4 is 35.5 Å². The highest BCUT2D eigenvalue weighted by Crippen LogP contribution is 2.31. The molecule has 0 aromatic carbocycles. The summed E-state index contributed by atoms with van der Waals surface area (Å²) >= 11 is 3.16. The second kappa shape index (κ2) is 7.19. The first-order chi connectivity index (χ1) is 10.3. The molecule has 0 spiro atoms. The molecule has 0 bridgehead atoms. The maximum Gasteiger partial charge on any atom is 0.344 e. The molecule has 118 valence electrons. The number of nitrogens with zero attached hydrogens (tertiary/aromatic N) is 1. The molecule has 0 saturated heterocycles. The molecule has 0 N–H and O–H groups in total. The summed E-state index contributed by atoms with van der Waals surface area (Å²) in [6.45, 7) is 4.86. The maximum atomic E-state index is 12.0. The lowest BCUT2D eigenvalue weighted by molar-refractivity contribution is -0.158. The van der Waals surface area contributed by atoms with Gasteiger partial charge in [0.15, 0.2) is 6.61 Å². The van der Waals surface area contributed by atoms with Crippen molar-refractivity contribution in [2.75, 3.05) is 6.61 Å². The van der Waals surface area contributed by atoms with Gasteiger partial charge in [-0.2, -0.15) is 0 Å². The van der Waals surface area contributed by atoms with Crippen molar-refractivity contribution in [2.45, 2.75) is 37.0 Å². The molecule has 0 radical (unpaired) electrons. The SMILES string of the molecule is CC(C)(C)OC(=O)COC(=O)c1cnc2c(c1)SC=CSC2. The van der Waals surface area contributed by atoms with E-state index in [4.69, 9.17) is 9.47 Å². The van der Waals surface area contributed by atoms with Gasteiger partial charge in [0.05, 0.1) is 11.3 Å². The van der Waals surface area contributed by atoms with E-state index in [0.29, 0.717) is 5.56 Å². The van der Waals surface area contributed by atoms with Crippen LogP contribution in [-0.2, 0) is 20.0 Å². The van der Waals surface area contributed by atoms with Crippen molar-refractivity contribution in [3.63, 3.8) is 0 Å². The fourth-order valence-corrected chi connectivity index (χ4v) is 3.36. The van der Waals surface area contributed by atoms with Crippen molar-refractivity contribution < 1.29 is 19.1 Å². The van der Waals surface area contributed by atoms with E-state index in [1.54, 1.807) is 38.6 Å². The summed E-state index contributed by atoms with van der Waals surface area (Å²) in [7, 11) is 0. The van der Waals surface area contributed by atoms with E-state index in [0.717, 1.165) is 16.3 Å². The first-order valence-corrected chi connectivity index (χ1v) is 8.59. The van der Waals surface area contributed by atoms with Gasteiger partial charge in [0, 0.05) is 16.8 Å². The van der Waals surface area contributed by atoms with Gasteiger partial charge in [-0.1, -0.05) is 11.8 Å². The van der Waals surface area contributed by atoms with Gasteiger partial charge in [0.1, 0.15) is 5.60 Å². The van der Waals surface area contributed by atoms with Gasteiger partial charge >= 0.3 is 11.9 Å². The number of ether oxygens (including phenoxy) is 2. The second-order valence-corrected chi connectivity index (χ2v) is 7.37. The Hall–Kier alpha value is -1.47. The topological polar surface area (TPSA) is 65.5 Å². The molecule has 0 unspecified atom stereocenters. The minimum Gasteiger partial charge on any atom is -0.457 e. The van der Waals surface area contributed by atoms with Gasteiger partial charge in [-0.15, -0.1) is 11.8 Å². The molecular weight excluding hydrogens is 322 g/mol. The number of esters is 2. The molecule has 0 atom stereocenters. The van der Waals surface area contributed by atoms with Crippen LogP contribution in [0.25, 0.3) is 0 Å². The fourth-order valence-electron chi connectivity index (χ4n) is 1.64. The first kappa shape index (κ1) is 16.9. The number of thioether (sulfide) groups is 2. The van der Waals surface area contributed by atoms with E-state index in [2.05, 4.69) is 4.98 Å². The van der Waals surface area contributed by atoms with E-state index in [-0.39, 0.29) is 0 Å². The zero-order chi connectivity index (χ0) is 16.2. The molecule has 1 aliphatic heterocycles. The Kier molecular flexibility index (Phi) is 5.52. The second-order valence-electron chi connectivity index (χ2n) is 5.53. The third-order valence-corrected chi connectivity index (χ3v) is 4.29. The quantitative estimate of drug-likeness (QED) is 0.782. The third-order valence-electron chi connectivity index (χ3n) is 2.47. The minimum atomic E-state index is -0.601. The van der Waals surface area contributed by atoms with Gasteiger partial charge in [0.25, 0.3) is 0 Å². The van der Waals surface area contributed by atoms with Crippen LogP contribution in [0.1, 0.15) is 36.8 Å². The lowest BCUT2D eigenvalue weighted by atomic mass is 10.2. The molecular formula is C15H17NO4S2. The Bertz CT molecular complexity index is 608. The van der Waals surface area contributed by atoms with Crippen molar-refractivity contribution in [1.82, 2.24) is 4.98 Å². The number of carbonyl (C=O) groups excluding carboxylic acids is 2. The lowest BCUT2D eigenvalue weighted by Gasteiger charge is -2.19. The smallest absolute Gasteiger partial charge is 0.344 e. The highest BCUT2D eigenvalue weighted by atomic mass is 32.2. The van der Waals surface area contributed by atoms with Crippen molar-refractivity contribution in [1.29, 1.82) is 0 Å². The van der Waals surface area contributed by atoms with Crippen LogP contribution >= 0.6 is 23.5 Å². The summed E-state index contributed by atoms with van der Waals surface area (Å²) < 4.78 is 10.1. The number of aromatic nitrogens is 1. The largest absolute Gasteiger partial charge is 0.457 e. The van der Waals surface area contributed by atoms with Crippen molar-refractivity contribution in [3.8, 4) is 0 Å². The lowest BCUT2D eigenvalue weighted by Crippen LogP contribution is -2.27. The van der Waals surface area contributed by atoms with Crippen LogP contribution in [0, 0.1) is 0 Å². The maximum absolute atomic E-state index is 12.0. The molecule has 1 aliphatic rings.